The first-order chi connectivity index (χ1) is 5.24. The monoisotopic (exact) mass is 155 g/mol. The maximum atomic E-state index is 10.9. The molecule has 0 saturated carbocycles. The molecule has 1 saturated heterocycles. The molecule has 0 spiro atoms. The minimum Gasteiger partial charge on any atom is -0.366 e. The van der Waals surface area contributed by atoms with Crippen LogP contribution in [-0.2, 0) is 9.53 Å². The van der Waals surface area contributed by atoms with Gasteiger partial charge in [0.25, 0.3) is 0 Å². The first-order valence-corrected chi connectivity index (χ1v) is 3.51. The molecule has 1 N–H and O–H groups in total. The van der Waals surface area contributed by atoms with Crippen molar-refractivity contribution >= 4 is 13.8 Å². The van der Waals surface area contributed by atoms with Gasteiger partial charge in [-0.2, -0.15) is 0 Å². The van der Waals surface area contributed by atoms with Gasteiger partial charge in [-0.05, 0) is 6.32 Å². The Bertz CT molecular complexity index is 153. The summed E-state index contributed by atoms with van der Waals surface area (Å²) in [6.45, 7) is 1.13. The highest BCUT2D eigenvalue weighted by molar-refractivity contribution is 6.19. The van der Waals surface area contributed by atoms with Crippen molar-refractivity contribution in [3.05, 3.63) is 0 Å². The Morgan fingerprint density at radius 3 is 3.09 bits per heavy atom. The number of hydrogen-bond acceptors (Lipinski definition) is 3. The largest absolute Gasteiger partial charge is 0.366 e. The third-order valence-electron chi connectivity index (χ3n) is 1.58. The number of β-amino-alcohol motifs (C(OH)–C–C–N with tert-alkyl or cyclic N) is 1. The van der Waals surface area contributed by atoms with Crippen LogP contribution in [0.15, 0.2) is 0 Å². The summed E-state index contributed by atoms with van der Waals surface area (Å²) in [7, 11) is 5.13. The number of amides is 1. The number of carbonyl (C=O) groups is 1. The van der Waals surface area contributed by atoms with E-state index in [-0.39, 0.29) is 18.8 Å². The van der Waals surface area contributed by atoms with Gasteiger partial charge in [-0.25, -0.2) is 0 Å². The average Bonchev–Trinajstić information content (AvgIpc) is 2.03. The van der Waals surface area contributed by atoms with Crippen LogP contribution in [0.3, 0.4) is 0 Å². The Labute approximate surface area is 66.5 Å². The van der Waals surface area contributed by atoms with E-state index in [1.807, 2.05) is 0 Å². The van der Waals surface area contributed by atoms with Crippen LogP contribution in [0.5, 0.6) is 0 Å². The van der Waals surface area contributed by atoms with E-state index < -0.39 is 6.29 Å². The highest BCUT2D eigenvalue weighted by Gasteiger charge is 2.20. The lowest BCUT2D eigenvalue weighted by Crippen LogP contribution is -2.45. The predicted molar refractivity (Wildman–Crippen MR) is 39.1 cm³/mol. The molecule has 0 bridgehead atoms. The summed E-state index contributed by atoms with van der Waals surface area (Å²) in [5, 5.41) is 8.97. The molecular weight excluding hydrogens is 145 g/mol. The highest BCUT2D eigenvalue weighted by atomic mass is 16.6. The quantitative estimate of drug-likeness (QED) is 0.481. The van der Waals surface area contributed by atoms with Crippen LogP contribution in [0.1, 0.15) is 0 Å². The van der Waals surface area contributed by atoms with Crippen molar-refractivity contribution in [1.29, 1.82) is 0 Å². The smallest absolute Gasteiger partial charge is 0.214 e. The van der Waals surface area contributed by atoms with E-state index in [1.165, 1.54) is 4.90 Å². The minimum absolute atomic E-state index is 0.00722. The fourth-order valence-electron chi connectivity index (χ4n) is 0.987. The Kier molecular flexibility index (Phi) is 2.90. The van der Waals surface area contributed by atoms with E-state index in [0.29, 0.717) is 13.2 Å². The summed E-state index contributed by atoms with van der Waals surface area (Å²) in [5.41, 5.74) is 0. The fourth-order valence-corrected chi connectivity index (χ4v) is 0.987. The van der Waals surface area contributed by atoms with Gasteiger partial charge >= 0.3 is 0 Å². The molecule has 0 aromatic rings. The van der Waals surface area contributed by atoms with Crippen LogP contribution in [0.2, 0.25) is 6.32 Å². The molecule has 4 nitrogen and oxygen atoms in total. The lowest BCUT2D eigenvalue weighted by atomic mass is 10.0. The first-order valence-electron chi connectivity index (χ1n) is 3.51. The van der Waals surface area contributed by atoms with Gasteiger partial charge < -0.3 is 14.7 Å². The van der Waals surface area contributed by atoms with Gasteiger partial charge in [0.05, 0.1) is 21.0 Å². The number of nitrogens with zero attached hydrogens (tertiary/aromatic N) is 1. The van der Waals surface area contributed by atoms with Crippen molar-refractivity contribution in [3.63, 3.8) is 0 Å². The van der Waals surface area contributed by atoms with Crippen molar-refractivity contribution < 1.29 is 14.6 Å². The van der Waals surface area contributed by atoms with Gasteiger partial charge in [-0.1, -0.05) is 0 Å². The van der Waals surface area contributed by atoms with Crippen LogP contribution >= 0.6 is 0 Å². The van der Waals surface area contributed by atoms with Gasteiger partial charge in [0, 0.05) is 6.54 Å². The standard InChI is InChI=1S/C6H10BNO3/c7-3-5(9)8-1-2-11-6(10)4-8/h6,10H,1-4H2. The number of ether oxygens (including phenoxy) is 1. The van der Waals surface area contributed by atoms with Gasteiger partial charge in [-0.3, -0.25) is 4.79 Å². The molecule has 1 atom stereocenters. The molecule has 60 valence electrons. The fraction of sp³-hybridized carbons (Fsp3) is 0.833. The first kappa shape index (κ1) is 8.55. The van der Waals surface area contributed by atoms with Crippen LogP contribution < -0.4 is 0 Å². The molecule has 1 aliphatic heterocycles. The molecule has 1 heterocycles. The second-order valence-corrected chi connectivity index (χ2v) is 2.37. The lowest BCUT2D eigenvalue weighted by molar-refractivity contribution is -0.162. The van der Waals surface area contributed by atoms with Crippen molar-refractivity contribution in [1.82, 2.24) is 4.90 Å². The molecule has 0 aromatic heterocycles. The van der Waals surface area contributed by atoms with E-state index in [0.717, 1.165) is 0 Å². The zero-order valence-electron chi connectivity index (χ0n) is 6.19. The maximum Gasteiger partial charge on any atom is 0.214 e. The molecule has 1 unspecified atom stereocenters. The number of carbonyl (C=O) groups excluding carboxylic acids is 1. The van der Waals surface area contributed by atoms with E-state index in [4.69, 9.17) is 17.7 Å². The number of rotatable bonds is 1. The predicted octanol–water partition coefficient (Wildman–Crippen LogP) is -1.25. The Balaban J connectivity index is 2.39. The van der Waals surface area contributed by atoms with Crippen LogP contribution in [0.4, 0.5) is 0 Å². The van der Waals surface area contributed by atoms with Crippen LogP contribution in [0, 0.1) is 0 Å². The number of morpholine rings is 1. The van der Waals surface area contributed by atoms with Crippen molar-refractivity contribution in [3.8, 4) is 0 Å². The number of aliphatic hydroxyl groups excluding tert-OH is 1. The zero-order valence-corrected chi connectivity index (χ0v) is 6.19. The lowest BCUT2D eigenvalue weighted by Gasteiger charge is -2.29. The molecule has 1 rings (SSSR count). The minimum atomic E-state index is -0.848. The molecule has 2 radical (unpaired) electrons. The SMILES string of the molecule is [B]CC(=O)N1CCOC(O)C1. The van der Waals surface area contributed by atoms with Crippen LogP contribution in [0.25, 0.3) is 0 Å². The summed E-state index contributed by atoms with van der Waals surface area (Å²) in [5.74, 6) is -0.146. The third kappa shape index (κ3) is 2.20. The molecule has 1 amide bonds. The van der Waals surface area contributed by atoms with E-state index in [2.05, 4.69) is 0 Å². The zero-order chi connectivity index (χ0) is 8.27. The van der Waals surface area contributed by atoms with Crippen molar-refractivity contribution in [2.45, 2.75) is 12.6 Å². The van der Waals surface area contributed by atoms with Crippen LogP contribution in [-0.4, -0.2) is 49.7 Å². The Hall–Kier alpha value is -0.545. The molecule has 11 heavy (non-hydrogen) atoms. The van der Waals surface area contributed by atoms with E-state index in [9.17, 15) is 4.79 Å². The molecule has 5 heteroatoms. The van der Waals surface area contributed by atoms with Crippen molar-refractivity contribution in [2.75, 3.05) is 19.7 Å². The summed E-state index contributed by atoms with van der Waals surface area (Å²) < 4.78 is 4.82. The van der Waals surface area contributed by atoms with E-state index in [1.54, 1.807) is 0 Å². The van der Waals surface area contributed by atoms with Gasteiger partial charge in [0.15, 0.2) is 6.29 Å². The molecule has 0 aromatic carbocycles. The van der Waals surface area contributed by atoms with Gasteiger partial charge in [0.2, 0.25) is 5.91 Å². The van der Waals surface area contributed by atoms with E-state index >= 15 is 0 Å². The van der Waals surface area contributed by atoms with Gasteiger partial charge in [-0.15, -0.1) is 0 Å². The topological polar surface area (TPSA) is 49.8 Å². The van der Waals surface area contributed by atoms with Gasteiger partial charge in [0.1, 0.15) is 0 Å². The average molecular weight is 155 g/mol. The maximum absolute atomic E-state index is 10.9. The Morgan fingerprint density at radius 2 is 2.55 bits per heavy atom. The summed E-state index contributed by atoms with van der Waals surface area (Å²) >= 11 is 0. The summed E-state index contributed by atoms with van der Waals surface area (Å²) in [4.78, 5) is 12.4. The second kappa shape index (κ2) is 3.73. The summed E-state index contributed by atoms with van der Waals surface area (Å²) in [6, 6.07) is 0. The Morgan fingerprint density at radius 1 is 1.82 bits per heavy atom. The molecule has 0 aliphatic carbocycles. The highest BCUT2D eigenvalue weighted by Crippen LogP contribution is 2.03. The number of aliphatic hydroxyl groups is 1. The molecular formula is C6H10BNO3. The second-order valence-electron chi connectivity index (χ2n) is 2.37. The molecule has 1 fully saturated rings. The molecule has 1 aliphatic rings. The van der Waals surface area contributed by atoms with Crippen molar-refractivity contribution in [2.24, 2.45) is 0 Å². The summed E-state index contributed by atoms with van der Waals surface area (Å²) in [6.07, 6.45) is -0.855. The number of hydrogen-bond donors (Lipinski definition) is 1. The normalized spacial score (nSPS) is 25.2. The third-order valence-corrected chi connectivity index (χ3v) is 1.58.